The van der Waals surface area contributed by atoms with Crippen LogP contribution in [-0.2, 0) is 10.8 Å². The van der Waals surface area contributed by atoms with E-state index in [9.17, 15) is 4.21 Å². The Morgan fingerprint density at radius 1 is 0.667 bits per heavy atom. The second kappa shape index (κ2) is 9.19. The normalized spacial score (nSPS) is 24.0. The summed E-state index contributed by atoms with van der Waals surface area (Å²) < 4.78 is 14.4. The first kappa shape index (κ1) is 20.5. The highest BCUT2D eigenvalue weighted by atomic mass is 32.2. The van der Waals surface area contributed by atoms with Gasteiger partial charge in [0.05, 0.1) is 0 Å². The van der Waals surface area contributed by atoms with Crippen LogP contribution < -0.4 is 0 Å². The van der Waals surface area contributed by atoms with Crippen molar-refractivity contribution < 1.29 is 4.21 Å². The molecule has 2 aliphatic rings. The van der Waals surface area contributed by atoms with Crippen molar-refractivity contribution in [3.8, 4) is 0 Å². The van der Waals surface area contributed by atoms with Crippen LogP contribution >= 0.6 is 0 Å². The summed E-state index contributed by atoms with van der Waals surface area (Å²) in [7, 11) is -0.643. The van der Waals surface area contributed by atoms with E-state index < -0.39 is 10.8 Å². The molecule has 0 N–H and O–H groups in total. The van der Waals surface area contributed by atoms with Gasteiger partial charge in [-0.2, -0.15) is 0 Å². The molecule has 0 heterocycles. The van der Waals surface area contributed by atoms with Crippen molar-refractivity contribution in [3.63, 3.8) is 0 Å². The van der Waals surface area contributed by atoms with Crippen molar-refractivity contribution in [2.45, 2.75) is 127 Å². The van der Waals surface area contributed by atoms with Crippen LogP contribution in [0.15, 0.2) is 0 Å². The quantitative estimate of drug-likeness (QED) is 0.458. The van der Waals surface area contributed by atoms with E-state index >= 15 is 0 Å². The van der Waals surface area contributed by atoms with Crippen LogP contribution in [0.5, 0.6) is 0 Å². The van der Waals surface area contributed by atoms with E-state index in [1.165, 1.54) is 89.9 Å². The first-order valence-corrected chi connectivity index (χ1v) is 12.0. The van der Waals surface area contributed by atoms with Crippen LogP contribution in [-0.4, -0.2) is 13.7 Å². The van der Waals surface area contributed by atoms with Crippen molar-refractivity contribution in [3.05, 3.63) is 0 Å². The molecule has 2 fully saturated rings. The Morgan fingerprint density at radius 3 is 1.29 bits per heavy atom. The fourth-order valence-electron chi connectivity index (χ4n) is 5.01. The van der Waals surface area contributed by atoms with Crippen LogP contribution in [0.3, 0.4) is 0 Å². The molecule has 24 heavy (non-hydrogen) atoms. The molecule has 0 bridgehead atoms. The van der Waals surface area contributed by atoms with Gasteiger partial charge in [-0.1, -0.05) is 66.2 Å². The molecule has 2 rings (SSSR count). The van der Waals surface area contributed by atoms with Crippen molar-refractivity contribution >= 4 is 10.8 Å². The molecule has 0 amide bonds. The molecular weight excluding hydrogens is 312 g/mol. The van der Waals surface area contributed by atoms with Gasteiger partial charge in [0.2, 0.25) is 0 Å². The summed E-state index contributed by atoms with van der Waals surface area (Å²) in [6.07, 6.45) is 17.8. The SMILES string of the molecule is CC(C)CCC1(S(=O)C2(CCC(C)C)CCCCC2)CCCCC1. The summed E-state index contributed by atoms with van der Waals surface area (Å²) >= 11 is 0. The molecule has 2 saturated carbocycles. The van der Waals surface area contributed by atoms with Gasteiger partial charge >= 0.3 is 0 Å². The molecule has 0 aromatic heterocycles. The maximum atomic E-state index is 14.1. The minimum atomic E-state index is -0.643. The molecule has 0 spiro atoms. The van der Waals surface area contributed by atoms with Crippen LogP contribution in [0.25, 0.3) is 0 Å². The number of hydrogen-bond acceptors (Lipinski definition) is 1. The van der Waals surface area contributed by atoms with Gasteiger partial charge in [-0.3, -0.25) is 4.21 Å². The van der Waals surface area contributed by atoms with Crippen molar-refractivity contribution in [2.75, 3.05) is 0 Å². The van der Waals surface area contributed by atoms with E-state index in [-0.39, 0.29) is 9.49 Å². The van der Waals surface area contributed by atoms with Gasteiger partial charge in [0, 0.05) is 20.3 Å². The van der Waals surface area contributed by atoms with E-state index in [0.29, 0.717) is 0 Å². The largest absolute Gasteiger partial charge is 0.258 e. The number of rotatable bonds is 8. The Hall–Kier alpha value is 0.150. The zero-order valence-corrected chi connectivity index (χ0v) is 17.7. The Morgan fingerprint density at radius 2 is 1.00 bits per heavy atom. The van der Waals surface area contributed by atoms with Gasteiger partial charge in [0.15, 0.2) is 0 Å². The molecule has 0 aromatic carbocycles. The Bertz CT molecular complexity index is 351. The molecule has 0 unspecified atom stereocenters. The smallest absolute Gasteiger partial charge is 0.0465 e. The van der Waals surface area contributed by atoms with E-state index in [1.807, 2.05) is 0 Å². The minimum absolute atomic E-state index is 0.150. The Kier molecular flexibility index (Phi) is 7.84. The van der Waals surface area contributed by atoms with E-state index in [4.69, 9.17) is 0 Å². The summed E-state index contributed by atoms with van der Waals surface area (Å²) in [5.74, 6) is 1.47. The molecule has 1 nitrogen and oxygen atoms in total. The summed E-state index contributed by atoms with van der Waals surface area (Å²) in [4.78, 5) is 0. The lowest BCUT2D eigenvalue weighted by atomic mass is 9.82. The fourth-order valence-corrected chi connectivity index (χ4v) is 7.86. The average Bonchev–Trinajstić information content (AvgIpc) is 2.59. The van der Waals surface area contributed by atoms with Crippen LogP contribution in [0.1, 0.15) is 118 Å². The fraction of sp³-hybridized carbons (Fsp3) is 1.00. The molecule has 0 atom stereocenters. The zero-order valence-electron chi connectivity index (χ0n) is 16.9. The molecule has 0 aliphatic heterocycles. The first-order valence-electron chi connectivity index (χ1n) is 10.8. The molecule has 0 radical (unpaired) electrons. The van der Waals surface area contributed by atoms with Gasteiger partial charge in [0.1, 0.15) is 0 Å². The number of hydrogen-bond donors (Lipinski definition) is 0. The Balaban J connectivity index is 2.22. The highest BCUT2D eigenvalue weighted by Gasteiger charge is 2.48. The lowest BCUT2D eigenvalue weighted by Gasteiger charge is -2.47. The average molecular weight is 355 g/mol. The standard InChI is InChI=1S/C22H42OS/c1-19(2)11-17-21(13-7-5-8-14-21)24(23)22(18-12-20(3)4)15-9-6-10-16-22/h19-20H,5-18H2,1-4H3. The summed E-state index contributed by atoms with van der Waals surface area (Å²) in [6, 6.07) is 0. The highest BCUT2D eigenvalue weighted by molar-refractivity contribution is 7.87. The van der Waals surface area contributed by atoms with E-state index in [2.05, 4.69) is 27.7 Å². The second-order valence-electron chi connectivity index (χ2n) is 9.62. The van der Waals surface area contributed by atoms with Crippen LogP contribution in [0.2, 0.25) is 0 Å². The molecule has 142 valence electrons. The monoisotopic (exact) mass is 354 g/mol. The zero-order chi connectivity index (χ0) is 17.6. The van der Waals surface area contributed by atoms with Gasteiger partial charge in [0.25, 0.3) is 0 Å². The van der Waals surface area contributed by atoms with Crippen molar-refractivity contribution in [1.82, 2.24) is 0 Å². The summed E-state index contributed by atoms with van der Waals surface area (Å²) in [5.41, 5.74) is 0. The lowest BCUT2D eigenvalue weighted by Crippen LogP contribution is -2.50. The van der Waals surface area contributed by atoms with Gasteiger partial charge in [-0.15, -0.1) is 0 Å². The van der Waals surface area contributed by atoms with Crippen LogP contribution in [0, 0.1) is 11.8 Å². The van der Waals surface area contributed by atoms with E-state index in [0.717, 1.165) is 11.8 Å². The van der Waals surface area contributed by atoms with E-state index in [1.54, 1.807) is 0 Å². The summed E-state index contributed by atoms with van der Waals surface area (Å²) in [6.45, 7) is 9.31. The molecule has 0 saturated heterocycles. The molecule has 2 aliphatic carbocycles. The summed E-state index contributed by atoms with van der Waals surface area (Å²) in [5, 5.41) is 0. The first-order chi connectivity index (χ1) is 11.4. The van der Waals surface area contributed by atoms with Crippen molar-refractivity contribution in [2.24, 2.45) is 11.8 Å². The third-order valence-electron chi connectivity index (χ3n) is 6.67. The predicted molar refractivity (Wildman–Crippen MR) is 108 cm³/mol. The second-order valence-corrected chi connectivity index (χ2v) is 11.9. The third kappa shape index (κ3) is 5.08. The Labute approximate surface area is 154 Å². The molecule has 0 aromatic rings. The topological polar surface area (TPSA) is 17.1 Å². The maximum absolute atomic E-state index is 14.1. The maximum Gasteiger partial charge on any atom is 0.0465 e. The van der Waals surface area contributed by atoms with Crippen molar-refractivity contribution in [1.29, 1.82) is 0 Å². The molecule has 2 heteroatoms. The molecular formula is C22H42OS. The minimum Gasteiger partial charge on any atom is -0.258 e. The third-order valence-corrected chi connectivity index (χ3v) is 9.47. The van der Waals surface area contributed by atoms with Gasteiger partial charge in [-0.05, 0) is 63.2 Å². The van der Waals surface area contributed by atoms with Gasteiger partial charge in [-0.25, -0.2) is 0 Å². The predicted octanol–water partition coefficient (Wildman–Crippen LogP) is 7.01. The highest BCUT2D eigenvalue weighted by Crippen LogP contribution is 2.48. The van der Waals surface area contributed by atoms with Crippen LogP contribution in [0.4, 0.5) is 0 Å². The lowest BCUT2D eigenvalue weighted by molar-refractivity contribution is 0.308. The van der Waals surface area contributed by atoms with Gasteiger partial charge < -0.3 is 0 Å².